The highest BCUT2D eigenvalue weighted by Crippen LogP contribution is 2.45. The van der Waals surface area contributed by atoms with Gasteiger partial charge in [0.25, 0.3) is 6.47 Å². The van der Waals surface area contributed by atoms with Crippen molar-refractivity contribution in [3.63, 3.8) is 0 Å². The summed E-state index contributed by atoms with van der Waals surface area (Å²) in [6.07, 6.45) is 10.1. The SMILES string of the molecule is Cc1cnc(C2CC(n3ccnc3)C2)c2ncsc12.O=CO. The minimum absolute atomic E-state index is 0.250. The van der Waals surface area contributed by atoms with E-state index < -0.39 is 0 Å². The molecule has 0 amide bonds. The molecular weight excluding hydrogens is 300 g/mol. The summed E-state index contributed by atoms with van der Waals surface area (Å²) in [4.78, 5) is 21.6. The molecule has 114 valence electrons. The van der Waals surface area contributed by atoms with Crippen molar-refractivity contribution >= 4 is 28.0 Å². The van der Waals surface area contributed by atoms with Crippen molar-refractivity contribution in [1.82, 2.24) is 19.5 Å². The van der Waals surface area contributed by atoms with Crippen molar-refractivity contribution in [3.05, 3.63) is 41.7 Å². The van der Waals surface area contributed by atoms with Crippen molar-refractivity contribution in [1.29, 1.82) is 0 Å². The molecular formula is C15H16N4O2S. The Bertz CT molecular complexity index is 763. The smallest absolute Gasteiger partial charge is 0.290 e. The number of imidazole rings is 1. The first kappa shape index (κ1) is 14.6. The van der Waals surface area contributed by atoms with Crippen LogP contribution in [0.25, 0.3) is 10.2 Å². The van der Waals surface area contributed by atoms with Gasteiger partial charge in [-0.15, -0.1) is 11.3 Å². The molecule has 1 N–H and O–H groups in total. The van der Waals surface area contributed by atoms with Gasteiger partial charge in [0.15, 0.2) is 0 Å². The number of rotatable bonds is 2. The van der Waals surface area contributed by atoms with Crippen LogP contribution < -0.4 is 0 Å². The van der Waals surface area contributed by atoms with Gasteiger partial charge in [0.1, 0.15) is 5.52 Å². The molecule has 0 aromatic carbocycles. The van der Waals surface area contributed by atoms with Crippen LogP contribution in [0.15, 0.2) is 30.4 Å². The molecule has 7 heteroatoms. The Kier molecular flexibility index (Phi) is 4.15. The van der Waals surface area contributed by atoms with Crippen LogP contribution in [0.3, 0.4) is 0 Å². The molecule has 0 radical (unpaired) electrons. The fourth-order valence-electron chi connectivity index (χ4n) is 2.83. The number of carboxylic acid groups (broad SMARTS) is 1. The lowest BCUT2D eigenvalue weighted by atomic mass is 9.77. The lowest BCUT2D eigenvalue weighted by Gasteiger charge is -2.35. The maximum atomic E-state index is 8.36. The van der Waals surface area contributed by atoms with E-state index in [0.717, 1.165) is 18.4 Å². The molecule has 1 fully saturated rings. The van der Waals surface area contributed by atoms with Crippen LogP contribution in [-0.2, 0) is 4.79 Å². The predicted molar refractivity (Wildman–Crippen MR) is 84.1 cm³/mol. The number of pyridine rings is 1. The van der Waals surface area contributed by atoms with Crippen molar-refractivity contribution in [2.45, 2.75) is 31.7 Å². The largest absolute Gasteiger partial charge is 0.483 e. The lowest BCUT2D eigenvalue weighted by Crippen LogP contribution is -2.25. The monoisotopic (exact) mass is 316 g/mol. The molecule has 1 aliphatic carbocycles. The van der Waals surface area contributed by atoms with E-state index in [4.69, 9.17) is 9.90 Å². The maximum absolute atomic E-state index is 8.36. The van der Waals surface area contributed by atoms with E-state index in [1.165, 1.54) is 16.0 Å². The molecule has 3 aromatic heterocycles. The predicted octanol–water partition coefficient (Wildman–Crippen LogP) is 3.02. The standard InChI is InChI=1S/C14H14N4S.CH2O2/c1-9-6-16-12(13-14(9)19-8-17-13)10-4-11(5-10)18-3-2-15-7-18;2-1-3/h2-3,6-8,10-11H,4-5H2,1H3;1H,(H,2,3). The summed E-state index contributed by atoms with van der Waals surface area (Å²) in [5, 5.41) is 6.89. The van der Waals surface area contributed by atoms with E-state index in [1.54, 1.807) is 11.3 Å². The third kappa shape index (κ3) is 2.59. The fourth-order valence-corrected chi connectivity index (χ4v) is 3.60. The van der Waals surface area contributed by atoms with Gasteiger partial charge < -0.3 is 9.67 Å². The highest BCUT2D eigenvalue weighted by atomic mass is 32.1. The Balaban J connectivity index is 0.000000446. The number of hydrogen-bond acceptors (Lipinski definition) is 5. The molecule has 0 saturated heterocycles. The molecule has 0 aliphatic heterocycles. The minimum atomic E-state index is -0.250. The highest BCUT2D eigenvalue weighted by Gasteiger charge is 2.33. The van der Waals surface area contributed by atoms with Gasteiger partial charge in [0.2, 0.25) is 0 Å². The number of fused-ring (bicyclic) bond motifs is 1. The van der Waals surface area contributed by atoms with Gasteiger partial charge in [-0.25, -0.2) is 9.97 Å². The second-order valence-corrected chi connectivity index (χ2v) is 6.15. The Hall–Kier alpha value is -2.28. The van der Waals surface area contributed by atoms with Crippen LogP contribution in [0.5, 0.6) is 0 Å². The number of nitrogens with zero attached hydrogens (tertiary/aromatic N) is 4. The van der Waals surface area contributed by atoms with E-state index in [-0.39, 0.29) is 6.47 Å². The van der Waals surface area contributed by atoms with E-state index in [2.05, 4.69) is 26.4 Å². The van der Waals surface area contributed by atoms with Crippen molar-refractivity contribution in [2.24, 2.45) is 0 Å². The molecule has 22 heavy (non-hydrogen) atoms. The first-order valence-corrected chi connectivity index (χ1v) is 7.86. The van der Waals surface area contributed by atoms with Gasteiger partial charge in [-0.2, -0.15) is 0 Å². The second-order valence-electron chi connectivity index (χ2n) is 5.29. The van der Waals surface area contributed by atoms with Gasteiger partial charge >= 0.3 is 0 Å². The van der Waals surface area contributed by atoms with Crippen molar-refractivity contribution < 1.29 is 9.90 Å². The van der Waals surface area contributed by atoms with Gasteiger partial charge in [-0.1, -0.05) is 0 Å². The van der Waals surface area contributed by atoms with Crippen LogP contribution in [-0.4, -0.2) is 31.1 Å². The Labute approximate surface area is 131 Å². The Morgan fingerprint density at radius 2 is 2.18 bits per heavy atom. The van der Waals surface area contributed by atoms with Gasteiger partial charge in [0.05, 0.1) is 22.2 Å². The number of aromatic nitrogens is 4. The van der Waals surface area contributed by atoms with Crippen LogP contribution in [0, 0.1) is 6.92 Å². The number of thiazole rings is 1. The van der Waals surface area contributed by atoms with E-state index >= 15 is 0 Å². The third-order valence-corrected chi connectivity index (χ3v) is 4.97. The zero-order valence-corrected chi connectivity index (χ0v) is 12.9. The summed E-state index contributed by atoms with van der Waals surface area (Å²) in [6, 6.07) is 0.573. The Morgan fingerprint density at radius 1 is 1.41 bits per heavy atom. The molecule has 1 aliphatic rings. The zero-order valence-electron chi connectivity index (χ0n) is 12.1. The first-order valence-electron chi connectivity index (χ1n) is 6.98. The van der Waals surface area contributed by atoms with E-state index in [9.17, 15) is 0 Å². The molecule has 0 atom stereocenters. The average Bonchev–Trinajstić information content (AvgIpc) is 3.11. The molecule has 4 rings (SSSR count). The minimum Gasteiger partial charge on any atom is -0.483 e. The normalized spacial score (nSPS) is 20.0. The average molecular weight is 316 g/mol. The molecule has 3 heterocycles. The number of hydrogen-bond donors (Lipinski definition) is 1. The van der Waals surface area contributed by atoms with Crippen molar-refractivity contribution in [2.75, 3.05) is 0 Å². The Morgan fingerprint density at radius 3 is 2.86 bits per heavy atom. The first-order chi connectivity index (χ1) is 10.7. The highest BCUT2D eigenvalue weighted by molar-refractivity contribution is 7.17. The summed E-state index contributed by atoms with van der Waals surface area (Å²) in [7, 11) is 0. The molecule has 0 bridgehead atoms. The van der Waals surface area contributed by atoms with Crippen LogP contribution in [0.4, 0.5) is 0 Å². The molecule has 0 unspecified atom stereocenters. The summed E-state index contributed by atoms with van der Waals surface area (Å²) in [6.45, 7) is 1.85. The van der Waals surface area contributed by atoms with E-state index in [0.29, 0.717) is 12.0 Å². The fraction of sp³-hybridized carbons (Fsp3) is 0.333. The van der Waals surface area contributed by atoms with Crippen LogP contribution >= 0.6 is 11.3 Å². The molecule has 6 nitrogen and oxygen atoms in total. The summed E-state index contributed by atoms with van der Waals surface area (Å²) < 4.78 is 3.49. The summed E-state index contributed by atoms with van der Waals surface area (Å²) >= 11 is 1.71. The quantitative estimate of drug-likeness (QED) is 0.735. The number of carbonyl (C=O) groups is 1. The number of aryl methyl sites for hydroxylation is 1. The van der Waals surface area contributed by atoms with Gasteiger partial charge in [0, 0.05) is 30.6 Å². The molecule has 1 saturated carbocycles. The van der Waals surface area contributed by atoms with Crippen LogP contribution in [0.1, 0.15) is 36.1 Å². The third-order valence-electron chi connectivity index (χ3n) is 4.01. The van der Waals surface area contributed by atoms with E-state index in [1.807, 2.05) is 30.4 Å². The van der Waals surface area contributed by atoms with Crippen LogP contribution in [0.2, 0.25) is 0 Å². The zero-order chi connectivity index (χ0) is 15.5. The lowest BCUT2D eigenvalue weighted by molar-refractivity contribution is -0.122. The topological polar surface area (TPSA) is 80.9 Å². The molecule has 0 spiro atoms. The summed E-state index contributed by atoms with van der Waals surface area (Å²) in [5.41, 5.74) is 5.44. The van der Waals surface area contributed by atoms with Gasteiger partial charge in [-0.05, 0) is 25.3 Å². The van der Waals surface area contributed by atoms with Crippen molar-refractivity contribution in [3.8, 4) is 0 Å². The second kappa shape index (κ2) is 6.23. The maximum Gasteiger partial charge on any atom is 0.290 e. The van der Waals surface area contributed by atoms with Gasteiger partial charge in [-0.3, -0.25) is 9.78 Å². The molecule has 3 aromatic rings. The summed E-state index contributed by atoms with van der Waals surface area (Å²) in [5.74, 6) is 0.539.